The van der Waals surface area contributed by atoms with E-state index >= 15 is 0 Å². The summed E-state index contributed by atoms with van der Waals surface area (Å²) in [7, 11) is 0. The van der Waals surface area contributed by atoms with Gasteiger partial charge in [0.15, 0.2) is 0 Å². The first-order chi connectivity index (χ1) is 5.66. The Labute approximate surface area is 71.6 Å². The number of carbonyl (C=O) groups is 2. The normalized spacial score (nSPS) is 40.2. The van der Waals surface area contributed by atoms with E-state index in [1.807, 2.05) is 6.08 Å². The molecular formula is C10H12O2. The van der Waals surface area contributed by atoms with Gasteiger partial charge in [0.2, 0.25) is 0 Å². The molecule has 2 fully saturated rings. The van der Waals surface area contributed by atoms with E-state index in [9.17, 15) is 9.59 Å². The van der Waals surface area contributed by atoms with Crippen LogP contribution in [0.1, 0.15) is 25.7 Å². The van der Waals surface area contributed by atoms with Crippen molar-refractivity contribution >= 4 is 11.6 Å². The van der Waals surface area contributed by atoms with Crippen molar-refractivity contribution in [1.29, 1.82) is 0 Å². The number of ketones is 2. The second kappa shape index (κ2) is 2.28. The zero-order valence-electron chi connectivity index (χ0n) is 7.01. The van der Waals surface area contributed by atoms with E-state index in [-0.39, 0.29) is 11.3 Å². The highest BCUT2D eigenvalue weighted by atomic mass is 16.1. The number of Topliss-reactive ketones (excluding diaryl/α,β-unsaturated/α-hetero) is 2. The van der Waals surface area contributed by atoms with Crippen molar-refractivity contribution in [3.63, 3.8) is 0 Å². The summed E-state index contributed by atoms with van der Waals surface area (Å²) in [6.45, 7) is 3.74. The zero-order chi connectivity index (χ0) is 8.77. The van der Waals surface area contributed by atoms with Gasteiger partial charge in [0.05, 0.1) is 0 Å². The molecule has 2 nitrogen and oxygen atoms in total. The molecule has 2 saturated carbocycles. The van der Waals surface area contributed by atoms with Gasteiger partial charge in [-0.1, -0.05) is 6.08 Å². The van der Waals surface area contributed by atoms with Crippen LogP contribution in [0.4, 0.5) is 0 Å². The van der Waals surface area contributed by atoms with Crippen molar-refractivity contribution in [2.75, 3.05) is 0 Å². The quantitative estimate of drug-likeness (QED) is 0.550. The molecule has 64 valence electrons. The Hall–Kier alpha value is -0.920. The van der Waals surface area contributed by atoms with Crippen LogP contribution in [0, 0.1) is 11.3 Å². The largest absolute Gasteiger partial charge is 0.300 e. The molecule has 2 heteroatoms. The molecule has 0 aromatic carbocycles. The first-order valence-corrected chi connectivity index (χ1v) is 4.33. The first kappa shape index (κ1) is 7.71. The van der Waals surface area contributed by atoms with E-state index in [0.29, 0.717) is 37.2 Å². The van der Waals surface area contributed by atoms with Gasteiger partial charge in [-0.25, -0.2) is 0 Å². The van der Waals surface area contributed by atoms with Gasteiger partial charge in [0.1, 0.15) is 11.6 Å². The molecule has 0 atom stereocenters. The fourth-order valence-corrected chi connectivity index (χ4v) is 2.57. The molecule has 2 aliphatic rings. The zero-order valence-corrected chi connectivity index (χ0v) is 7.01. The maximum Gasteiger partial charge on any atom is 0.134 e. The lowest BCUT2D eigenvalue weighted by Crippen LogP contribution is -2.16. The molecule has 0 saturated heterocycles. The van der Waals surface area contributed by atoms with Gasteiger partial charge in [-0.2, -0.15) is 0 Å². The number of hydrogen-bond acceptors (Lipinski definition) is 2. The molecule has 2 rings (SSSR count). The Morgan fingerprint density at radius 3 is 2.08 bits per heavy atom. The van der Waals surface area contributed by atoms with Crippen LogP contribution in [0.2, 0.25) is 0 Å². The number of carbonyl (C=O) groups excluding carboxylic acids is 2. The Kier molecular flexibility index (Phi) is 1.47. The summed E-state index contributed by atoms with van der Waals surface area (Å²) < 4.78 is 0. The fraction of sp³-hybridized carbons (Fsp3) is 0.600. The number of rotatable bonds is 1. The Morgan fingerprint density at radius 1 is 1.25 bits per heavy atom. The first-order valence-electron chi connectivity index (χ1n) is 4.33. The molecule has 0 amide bonds. The van der Waals surface area contributed by atoms with E-state index in [4.69, 9.17) is 0 Å². The minimum absolute atomic E-state index is 0.145. The minimum atomic E-state index is -0.145. The molecule has 2 aliphatic carbocycles. The van der Waals surface area contributed by atoms with Gasteiger partial charge in [-0.05, 0) is 5.92 Å². The summed E-state index contributed by atoms with van der Waals surface area (Å²) in [5.41, 5.74) is -0.145. The van der Waals surface area contributed by atoms with Gasteiger partial charge in [-0.3, -0.25) is 9.59 Å². The molecule has 0 aromatic rings. The summed E-state index contributed by atoms with van der Waals surface area (Å²) in [5, 5.41) is 0. The molecule has 0 bridgehead atoms. The maximum atomic E-state index is 11.2. The van der Waals surface area contributed by atoms with E-state index in [0.717, 1.165) is 0 Å². The highest BCUT2D eigenvalue weighted by Crippen LogP contribution is 2.52. The molecular weight excluding hydrogens is 152 g/mol. The van der Waals surface area contributed by atoms with Gasteiger partial charge in [0.25, 0.3) is 0 Å². The molecule has 12 heavy (non-hydrogen) atoms. The predicted molar refractivity (Wildman–Crippen MR) is 44.6 cm³/mol. The summed E-state index contributed by atoms with van der Waals surface area (Å²) in [4.78, 5) is 22.3. The van der Waals surface area contributed by atoms with Crippen molar-refractivity contribution in [3.8, 4) is 0 Å². The molecule has 0 aliphatic heterocycles. The van der Waals surface area contributed by atoms with E-state index < -0.39 is 0 Å². The third-order valence-corrected chi connectivity index (χ3v) is 3.22. The maximum absolute atomic E-state index is 11.2. The summed E-state index contributed by atoms with van der Waals surface area (Å²) in [6.07, 6.45) is 4.11. The van der Waals surface area contributed by atoms with Crippen LogP contribution in [-0.4, -0.2) is 11.6 Å². The highest BCUT2D eigenvalue weighted by molar-refractivity contribution is 5.90. The van der Waals surface area contributed by atoms with Crippen LogP contribution in [0.15, 0.2) is 12.7 Å². The highest BCUT2D eigenvalue weighted by Gasteiger charge is 2.50. The smallest absolute Gasteiger partial charge is 0.134 e. The Balaban J connectivity index is 2.32. The summed E-state index contributed by atoms with van der Waals surface area (Å²) >= 11 is 0. The van der Waals surface area contributed by atoms with Crippen molar-refractivity contribution < 1.29 is 9.59 Å². The molecule has 0 N–H and O–H groups in total. The third kappa shape index (κ3) is 0.872. The second-order valence-electron chi connectivity index (χ2n) is 3.97. The SMILES string of the molecule is C=CC12CC(=O)CC1CC(=O)C2. The van der Waals surface area contributed by atoms with Gasteiger partial charge in [0, 0.05) is 31.1 Å². The standard InChI is InChI=1S/C10H12O2/c1-2-10-5-8(11)3-7(10)4-9(12)6-10/h2,7H,1,3-6H2. The Bertz CT molecular complexity index is 245. The van der Waals surface area contributed by atoms with Gasteiger partial charge >= 0.3 is 0 Å². The number of fused-ring (bicyclic) bond motifs is 1. The topological polar surface area (TPSA) is 34.1 Å². The van der Waals surface area contributed by atoms with E-state index in [2.05, 4.69) is 6.58 Å². The third-order valence-electron chi connectivity index (χ3n) is 3.22. The predicted octanol–water partition coefficient (Wildman–Crippen LogP) is 1.50. The summed E-state index contributed by atoms with van der Waals surface area (Å²) in [5.74, 6) is 0.870. The molecule has 0 aromatic heterocycles. The van der Waals surface area contributed by atoms with Crippen molar-refractivity contribution in [1.82, 2.24) is 0 Å². The van der Waals surface area contributed by atoms with Crippen molar-refractivity contribution in [2.24, 2.45) is 11.3 Å². The second-order valence-corrected chi connectivity index (χ2v) is 3.97. The lowest BCUT2D eigenvalue weighted by molar-refractivity contribution is -0.120. The number of hydrogen-bond donors (Lipinski definition) is 0. The monoisotopic (exact) mass is 164 g/mol. The van der Waals surface area contributed by atoms with Crippen LogP contribution in [0.25, 0.3) is 0 Å². The van der Waals surface area contributed by atoms with E-state index in [1.165, 1.54) is 0 Å². The van der Waals surface area contributed by atoms with Crippen LogP contribution >= 0.6 is 0 Å². The molecule has 0 radical (unpaired) electrons. The van der Waals surface area contributed by atoms with E-state index in [1.54, 1.807) is 0 Å². The molecule has 0 spiro atoms. The fourth-order valence-electron chi connectivity index (χ4n) is 2.57. The Morgan fingerprint density at radius 2 is 1.75 bits per heavy atom. The lowest BCUT2D eigenvalue weighted by atomic mass is 9.81. The van der Waals surface area contributed by atoms with Crippen LogP contribution in [-0.2, 0) is 9.59 Å². The van der Waals surface area contributed by atoms with Crippen molar-refractivity contribution in [3.05, 3.63) is 12.7 Å². The van der Waals surface area contributed by atoms with Crippen LogP contribution < -0.4 is 0 Å². The van der Waals surface area contributed by atoms with Crippen LogP contribution in [0.5, 0.6) is 0 Å². The average molecular weight is 164 g/mol. The molecule has 0 unspecified atom stereocenters. The summed E-state index contributed by atoms with van der Waals surface area (Å²) in [6, 6.07) is 0. The number of allylic oxidation sites excluding steroid dienone is 1. The average Bonchev–Trinajstić information content (AvgIpc) is 2.40. The van der Waals surface area contributed by atoms with Gasteiger partial charge in [-0.15, -0.1) is 6.58 Å². The van der Waals surface area contributed by atoms with Gasteiger partial charge < -0.3 is 0 Å². The minimum Gasteiger partial charge on any atom is -0.300 e. The molecule has 0 heterocycles. The van der Waals surface area contributed by atoms with Crippen LogP contribution in [0.3, 0.4) is 0 Å². The lowest BCUT2D eigenvalue weighted by Gasteiger charge is -2.21. The van der Waals surface area contributed by atoms with Crippen molar-refractivity contribution in [2.45, 2.75) is 25.7 Å².